The molecule has 0 unspecified atom stereocenters. The van der Waals surface area contributed by atoms with Crippen molar-refractivity contribution in [3.8, 4) is 0 Å². The zero-order valence-electron chi connectivity index (χ0n) is 10.4. The highest BCUT2D eigenvalue weighted by molar-refractivity contribution is 5.88. The molecule has 0 aromatic heterocycles. The van der Waals surface area contributed by atoms with Crippen molar-refractivity contribution in [2.45, 2.75) is 38.1 Å². The normalized spacial score (nSPS) is 33.7. The molecule has 1 N–H and O–H groups in total. The lowest BCUT2D eigenvalue weighted by Crippen LogP contribution is -2.42. The second-order valence-corrected chi connectivity index (χ2v) is 5.76. The lowest BCUT2D eigenvalue weighted by molar-refractivity contribution is -0.149. The van der Waals surface area contributed by atoms with Crippen LogP contribution in [0, 0.1) is 11.3 Å². The van der Waals surface area contributed by atoms with Gasteiger partial charge in [0.2, 0.25) is 5.91 Å². The number of carboxylic acids is 1. The zero-order chi connectivity index (χ0) is 12.8. The van der Waals surface area contributed by atoms with E-state index in [2.05, 4.69) is 0 Å². The third-order valence-electron chi connectivity index (χ3n) is 4.80. The van der Waals surface area contributed by atoms with Crippen LogP contribution in [0.15, 0.2) is 0 Å². The molecule has 2 atom stereocenters. The minimum Gasteiger partial charge on any atom is -0.480 e. The van der Waals surface area contributed by atoms with Crippen LogP contribution < -0.4 is 0 Å². The molecule has 1 saturated carbocycles. The van der Waals surface area contributed by atoms with Gasteiger partial charge in [-0.15, -0.1) is 0 Å². The quantitative estimate of drug-likeness (QED) is 0.793. The number of aliphatic carboxylic acids is 1. The van der Waals surface area contributed by atoms with E-state index >= 15 is 0 Å². The number of ether oxygens (including phenoxy) is 1. The molecule has 0 bridgehead atoms. The highest BCUT2D eigenvalue weighted by atomic mass is 16.5. The standard InChI is InChI=1S/C13H19NO4/c15-11(14-5-1-2-10(14)12(16)17)9-8-13(9)3-6-18-7-4-13/h9-10H,1-8H2,(H,16,17)/t9-,10+/m0/s1. The van der Waals surface area contributed by atoms with Gasteiger partial charge in [0.05, 0.1) is 0 Å². The summed E-state index contributed by atoms with van der Waals surface area (Å²) in [5.41, 5.74) is 0.140. The van der Waals surface area contributed by atoms with Gasteiger partial charge in [-0.25, -0.2) is 4.79 Å². The first-order chi connectivity index (χ1) is 8.64. The Kier molecular flexibility index (Phi) is 2.81. The Morgan fingerprint density at radius 2 is 2.00 bits per heavy atom. The number of carbonyl (C=O) groups is 2. The van der Waals surface area contributed by atoms with Gasteiger partial charge in [-0.2, -0.15) is 0 Å². The van der Waals surface area contributed by atoms with Crippen molar-refractivity contribution < 1.29 is 19.4 Å². The van der Waals surface area contributed by atoms with Gasteiger partial charge in [-0.3, -0.25) is 4.79 Å². The number of rotatable bonds is 2. The van der Waals surface area contributed by atoms with E-state index in [1.807, 2.05) is 0 Å². The lowest BCUT2D eigenvalue weighted by atomic mass is 9.93. The summed E-state index contributed by atoms with van der Waals surface area (Å²) < 4.78 is 5.34. The van der Waals surface area contributed by atoms with Gasteiger partial charge in [-0.05, 0) is 37.5 Å². The van der Waals surface area contributed by atoms with Crippen LogP contribution >= 0.6 is 0 Å². The van der Waals surface area contributed by atoms with Crippen molar-refractivity contribution >= 4 is 11.9 Å². The van der Waals surface area contributed by atoms with Gasteiger partial charge >= 0.3 is 5.97 Å². The topological polar surface area (TPSA) is 66.8 Å². The Bertz CT molecular complexity index is 375. The summed E-state index contributed by atoms with van der Waals surface area (Å²) in [6, 6.07) is -0.588. The number of carbonyl (C=O) groups excluding carboxylic acids is 1. The van der Waals surface area contributed by atoms with E-state index in [0.717, 1.165) is 38.9 Å². The number of amides is 1. The molecule has 0 aromatic carbocycles. The molecule has 2 heterocycles. The molecule has 100 valence electrons. The summed E-state index contributed by atoms with van der Waals surface area (Å²) in [4.78, 5) is 25.1. The van der Waals surface area contributed by atoms with E-state index in [1.54, 1.807) is 4.90 Å². The van der Waals surface area contributed by atoms with E-state index in [9.17, 15) is 9.59 Å². The third kappa shape index (κ3) is 1.81. The van der Waals surface area contributed by atoms with E-state index in [1.165, 1.54) is 0 Å². The maximum atomic E-state index is 12.4. The maximum absolute atomic E-state index is 12.4. The summed E-state index contributed by atoms with van der Waals surface area (Å²) in [5, 5.41) is 9.12. The predicted molar refractivity (Wildman–Crippen MR) is 63.0 cm³/mol. The molecule has 18 heavy (non-hydrogen) atoms. The van der Waals surface area contributed by atoms with Gasteiger partial charge in [0.1, 0.15) is 6.04 Å². The van der Waals surface area contributed by atoms with Crippen LogP contribution in [-0.2, 0) is 14.3 Å². The van der Waals surface area contributed by atoms with Crippen LogP contribution in [0.2, 0.25) is 0 Å². The first kappa shape index (κ1) is 12.0. The smallest absolute Gasteiger partial charge is 0.326 e. The second kappa shape index (κ2) is 4.23. The van der Waals surface area contributed by atoms with Crippen molar-refractivity contribution in [3.63, 3.8) is 0 Å². The minimum atomic E-state index is -0.859. The molecule has 0 radical (unpaired) electrons. The first-order valence-electron chi connectivity index (χ1n) is 6.75. The average Bonchev–Trinajstić information content (AvgIpc) is 2.86. The monoisotopic (exact) mass is 253 g/mol. The Labute approximate surface area is 106 Å². The van der Waals surface area contributed by atoms with Gasteiger partial charge in [0.15, 0.2) is 0 Å². The summed E-state index contributed by atoms with van der Waals surface area (Å²) in [7, 11) is 0. The van der Waals surface area contributed by atoms with E-state index < -0.39 is 12.0 Å². The van der Waals surface area contributed by atoms with E-state index in [4.69, 9.17) is 9.84 Å². The number of nitrogens with zero attached hydrogens (tertiary/aromatic N) is 1. The van der Waals surface area contributed by atoms with Crippen molar-refractivity contribution in [1.82, 2.24) is 4.90 Å². The number of likely N-dealkylation sites (tertiary alicyclic amines) is 1. The largest absolute Gasteiger partial charge is 0.480 e. The van der Waals surface area contributed by atoms with Crippen LogP contribution in [0.5, 0.6) is 0 Å². The molecule has 5 nitrogen and oxygen atoms in total. The molecular formula is C13H19NO4. The Hall–Kier alpha value is -1.10. The molecular weight excluding hydrogens is 234 g/mol. The number of hydrogen-bond donors (Lipinski definition) is 1. The van der Waals surface area contributed by atoms with E-state index in [0.29, 0.717) is 13.0 Å². The van der Waals surface area contributed by atoms with Gasteiger partial charge in [0, 0.05) is 25.7 Å². The van der Waals surface area contributed by atoms with Gasteiger partial charge < -0.3 is 14.7 Å². The fraction of sp³-hybridized carbons (Fsp3) is 0.846. The van der Waals surface area contributed by atoms with E-state index in [-0.39, 0.29) is 17.2 Å². The highest BCUT2D eigenvalue weighted by Crippen LogP contribution is 2.60. The minimum absolute atomic E-state index is 0.0568. The fourth-order valence-electron chi connectivity index (χ4n) is 3.51. The van der Waals surface area contributed by atoms with Crippen LogP contribution in [0.25, 0.3) is 0 Å². The molecule has 2 saturated heterocycles. The molecule has 3 fully saturated rings. The van der Waals surface area contributed by atoms with Crippen LogP contribution in [0.3, 0.4) is 0 Å². The Morgan fingerprint density at radius 1 is 1.28 bits per heavy atom. The van der Waals surface area contributed by atoms with Crippen molar-refractivity contribution in [3.05, 3.63) is 0 Å². The van der Waals surface area contributed by atoms with Crippen LogP contribution in [0.1, 0.15) is 32.1 Å². The Morgan fingerprint density at radius 3 is 2.67 bits per heavy atom. The predicted octanol–water partition coefficient (Wildman–Crippen LogP) is 0.879. The van der Waals surface area contributed by atoms with Crippen LogP contribution in [-0.4, -0.2) is 47.7 Å². The third-order valence-corrected chi connectivity index (χ3v) is 4.80. The summed E-state index contributed by atoms with van der Waals surface area (Å²) >= 11 is 0. The zero-order valence-corrected chi connectivity index (χ0v) is 10.4. The molecule has 3 aliphatic rings. The van der Waals surface area contributed by atoms with Crippen LogP contribution in [0.4, 0.5) is 0 Å². The molecule has 0 aromatic rings. The van der Waals surface area contributed by atoms with Crippen molar-refractivity contribution in [1.29, 1.82) is 0 Å². The molecule has 3 rings (SSSR count). The average molecular weight is 253 g/mol. The maximum Gasteiger partial charge on any atom is 0.326 e. The number of carboxylic acid groups (broad SMARTS) is 1. The molecule has 1 amide bonds. The highest BCUT2D eigenvalue weighted by Gasteiger charge is 2.59. The molecule has 5 heteroatoms. The van der Waals surface area contributed by atoms with Crippen molar-refractivity contribution in [2.24, 2.45) is 11.3 Å². The first-order valence-corrected chi connectivity index (χ1v) is 6.75. The van der Waals surface area contributed by atoms with Crippen molar-refractivity contribution in [2.75, 3.05) is 19.8 Å². The summed E-state index contributed by atoms with van der Waals surface area (Å²) in [5.74, 6) is -0.731. The summed E-state index contributed by atoms with van der Waals surface area (Å²) in [6.45, 7) is 2.09. The fourth-order valence-corrected chi connectivity index (χ4v) is 3.51. The SMILES string of the molecule is O=C(O)[C@H]1CCCN1C(=O)[C@@H]1CC12CCOCC2. The lowest BCUT2D eigenvalue weighted by Gasteiger charge is -2.26. The summed E-state index contributed by atoms with van der Waals surface area (Å²) in [6.07, 6.45) is 4.25. The second-order valence-electron chi connectivity index (χ2n) is 5.76. The Balaban J connectivity index is 1.67. The van der Waals surface area contributed by atoms with Gasteiger partial charge in [0.25, 0.3) is 0 Å². The molecule has 1 aliphatic carbocycles. The molecule has 2 aliphatic heterocycles. The number of hydrogen-bond acceptors (Lipinski definition) is 3. The van der Waals surface area contributed by atoms with Gasteiger partial charge in [-0.1, -0.05) is 0 Å². The molecule has 1 spiro atoms.